The molecule has 272 valence electrons. The lowest BCUT2D eigenvalue weighted by molar-refractivity contribution is -0.136. The molecule has 3 aliphatic rings. The van der Waals surface area contributed by atoms with Gasteiger partial charge in [-0.1, -0.05) is 12.1 Å². The Balaban J connectivity index is 0.975. The van der Waals surface area contributed by atoms with Crippen molar-refractivity contribution in [1.29, 1.82) is 0 Å². The Morgan fingerprint density at radius 1 is 0.925 bits per heavy atom. The van der Waals surface area contributed by atoms with Crippen molar-refractivity contribution in [3.8, 4) is 11.5 Å². The second-order valence-electron chi connectivity index (χ2n) is 13.5. The van der Waals surface area contributed by atoms with Crippen LogP contribution in [0.25, 0.3) is 0 Å². The molecule has 7 rings (SSSR count). The molecule has 4 aromatic rings. The first-order valence-corrected chi connectivity index (χ1v) is 17.9. The van der Waals surface area contributed by atoms with Crippen LogP contribution >= 0.6 is 15.9 Å². The van der Waals surface area contributed by atoms with E-state index in [1.54, 1.807) is 55.5 Å². The molecular formula is C38H36BrN7O7. The molecule has 0 saturated carbocycles. The number of piperidine rings is 2. The third-order valence-electron chi connectivity index (χ3n) is 9.88. The average molecular weight is 783 g/mol. The van der Waals surface area contributed by atoms with Gasteiger partial charge in [0.05, 0.1) is 23.0 Å². The van der Waals surface area contributed by atoms with Gasteiger partial charge in [0, 0.05) is 50.9 Å². The Labute approximate surface area is 312 Å². The van der Waals surface area contributed by atoms with Crippen molar-refractivity contribution in [1.82, 2.24) is 24.9 Å². The van der Waals surface area contributed by atoms with E-state index in [-0.39, 0.29) is 47.4 Å². The van der Waals surface area contributed by atoms with E-state index in [2.05, 4.69) is 43.6 Å². The maximum Gasteiger partial charge on any atom is 0.282 e. The second kappa shape index (κ2) is 14.4. The van der Waals surface area contributed by atoms with E-state index in [4.69, 9.17) is 4.74 Å². The minimum absolute atomic E-state index is 0.0391. The molecule has 0 spiro atoms. The minimum Gasteiger partial charge on any atom is -0.457 e. The zero-order chi connectivity index (χ0) is 37.6. The molecule has 3 atom stereocenters. The molecule has 0 aliphatic carbocycles. The van der Waals surface area contributed by atoms with E-state index < -0.39 is 29.7 Å². The molecule has 2 N–H and O–H groups in total. The second-order valence-corrected chi connectivity index (χ2v) is 14.3. The Kier molecular flexibility index (Phi) is 9.70. The molecule has 1 aromatic heterocycles. The molecule has 3 aliphatic heterocycles. The largest absolute Gasteiger partial charge is 0.457 e. The standard InChI is InChI=1S/C38H36BrN7O7/c1-43-19-23(16-24(20-43)41-30-18-40-45(3)38(52)33(30)39)21-4-6-22(7-5-21)35(49)44(2)25-8-10-26(11-9-25)53-27-12-13-28-29(17-27)37(51)46(36(28)50)31-14-15-32(47)42-34(31)48/h4-13,17-18,23-24,31,41H,14-16,19-20H2,1-3H3,(H,42,47,48). The molecule has 53 heavy (non-hydrogen) atoms. The summed E-state index contributed by atoms with van der Waals surface area (Å²) in [6.45, 7) is 1.67. The number of imide groups is 2. The number of ether oxygens (including phenoxy) is 1. The van der Waals surface area contributed by atoms with Gasteiger partial charge in [-0.2, -0.15) is 5.10 Å². The van der Waals surface area contributed by atoms with Gasteiger partial charge < -0.3 is 19.9 Å². The quantitative estimate of drug-likeness (QED) is 0.251. The summed E-state index contributed by atoms with van der Waals surface area (Å²) in [4.78, 5) is 80.6. The Bertz CT molecular complexity index is 2210. The van der Waals surface area contributed by atoms with Gasteiger partial charge in [-0.15, -0.1) is 0 Å². The van der Waals surface area contributed by atoms with Crippen molar-refractivity contribution >= 4 is 56.8 Å². The highest BCUT2D eigenvalue weighted by atomic mass is 79.9. The van der Waals surface area contributed by atoms with Gasteiger partial charge in [-0.3, -0.25) is 39.0 Å². The molecule has 2 saturated heterocycles. The summed E-state index contributed by atoms with van der Waals surface area (Å²) >= 11 is 3.40. The van der Waals surface area contributed by atoms with Crippen LogP contribution in [0.1, 0.15) is 61.8 Å². The highest BCUT2D eigenvalue weighted by molar-refractivity contribution is 9.10. The van der Waals surface area contributed by atoms with Gasteiger partial charge in [-0.25, -0.2) is 4.68 Å². The predicted molar refractivity (Wildman–Crippen MR) is 198 cm³/mol. The number of anilines is 2. The minimum atomic E-state index is -1.05. The smallest absolute Gasteiger partial charge is 0.282 e. The molecule has 14 nitrogen and oxygen atoms in total. The number of hydrogen-bond donors (Lipinski definition) is 2. The van der Waals surface area contributed by atoms with Crippen LogP contribution in [0.5, 0.6) is 11.5 Å². The Hall–Kier alpha value is -5.67. The van der Waals surface area contributed by atoms with Gasteiger partial charge >= 0.3 is 0 Å². The number of benzene rings is 3. The first kappa shape index (κ1) is 35.7. The summed E-state index contributed by atoms with van der Waals surface area (Å²) in [5.74, 6) is -1.53. The van der Waals surface area contributed by atoms with E-state index in [9.17, 15) is 28.8 Å². The molecule has 3 aromatic carbocycles. The SMILES string of the molecule is CN1CC(Nc2cnn(C)c(=O)c2Br)CC(c2ccc(C(=O)N(C)c3ccc(Oc4ccc5c(c4)C(=O)N(C4CCC(=O)NC4=O)C5=O)cc3)cc2)C1. The van der Waals surface area contributed by atoms with Crippen LogP contribution in [0.3, 0.4) is 0 Å². The van der Waals surface area contributed by atoms with Crippen molar-refractivity contribution in [2.24, 2.45) is 7.05 Å². The summed E-state index contributed by atoms with van der Waals surface area (Å²) < 4.78 is 7.71. The zero-order valence-electron chi connectivity index (χ0n) is 29.2. The molecule has 0 radical (unpaired) electrons. The number of amides is 5. The van der Waals surface area contributed by atoms with Gasteiger partial charge in [0.1, 0.15) is 22.0 Å². The molecule has 15 heteroatoms. The van der Waals surface area contributed by atoms with E-state index >= 15 is 0 Å². The van der Waals surface area contributed by atoms with Crippen LogP contribution in [-0.4, -0.2) is 88.4 Å². The Morgan fingerprint density at radius 2 is 1.62 bits per heavy atom. The molecule has 0 bridgehead atoms. The fourth-order valence-electron chi connectivity index (χ4n) is 7.09. The molecule has 5 amide bonds. The monoisotopic (exact) mass is 781 g/mol. The number of aromatic nitrogens is 2. The van der Waals surface area contributed by atoms with E-state index in [0.29, 0.717) is 32.9 Å². The lowest BCUT2D eigenvalue weighted by Crippen LogP contribution is -2.54. The summed E-state index contributed by atoms with van der Waals surface area (Å²) in [5, 5.41) is 9.80. The summed E-state index contributed by atoms with van der Waals surface area (Å²) in [7, 11) is 5.37. The number of likely N-dealkylation sites (tertiary alicyclic amines) is 1. The summed E-state index contributed by atoms with van der Waals surface area (Å²) in [5.41, 5.74) is 3.02. The van der Waals surface area contributed by atoms with Crippen molar-refractivity contribution in [3.63, 3.8) is 0 Å². The number of carbonyl (C=O) groups is 5. The van der Waals surface area contributed by atoms with Crippen molar-refractivity contribution < 1.29 is 28.7 Å². The first-order chi connectivity index (χ1) is 25.4. The number of likely N-dealkylation sites (N-methyl/N-ethyl adjacent to an activating group) is 1. The normalized spacial score (nSPS) is 20.2. The number of nitrogens with zero attached hydrogens (tertiary/aromatic N) is 5. The number of fused-ring (bicyclic) bond motifs is 1. The zero-order valence-corrected chi connectivity index (χ0v) is 30.8. The number of aryl methyl sites for hydroxylation is 1. The van der Waals surface area contributed by atoms with Crippen molar-refractivity contribution in [2.75, 3.05) is 37.4 Å². The number of rotatable bonds is 8. The maximum atomic E-state index is 13.5. The predicted octanol–water partition coefficient (Wildman–Crippen LogP) is 3.91. The van der Waals surface area contributed by atoms with E-state index in [1.165, 1.54) is 16.8 Å². The summed E-state index contributed by atoms with van der Waals surface area (Å²) in [6.07, 6.45) is 2.60. The fraction of sp³-hybridized carbons (Fsp3) is 0.289. The van der Waals surface area contributed by atoms with Crippen LogP contribution in [0.15, 0.2) is 82.2 Å². The van der Waals surface area contributed by atoms with Gasteiger partial charge in [0.15, 0.2) is 0 Å². The number of halogens is 1. The highest BCUT2D eigenvalue weighted by Gasteiger charge is 2.44. The van der Waals surface area contributed by atoms with Crippen LogP contribution in [-0.2, 0) is 16.6 Å². The summed E-state index contributed by atoms with van der Waals surface area (Å²) in [6, 6.07) is 18.1. The fourth-order valence-corrected chi connectivity index (χ4v) is 7.57. The highest BCUT2D eigenvalue weighted by Crippen LogP contribution is 2.33. The third kappa shape index (κ3) is 7.09. The Morgan fingerprint density at radius 3 is 2.34 bits per heavy atom. The van der Waals surface area contributed by atoms with E-state index in [0.717, 1.165) is 30.0 Å². The van der Waals surface area contributed by atoms with Gasteiger partial charge in [0.2, 0.25) is 11.8 Å². The lowest BCUT2D eigenvalue weighted by Gasteiger charge is -2.37. The van der Waals surface area contributed by atoms with Crippen molar-refractivity contribution in [2.45, 2.75) is 37.3 Å². The van der Waals surface area contributed by atoms with Gasteiger partial charge in [-0.05, 0) is 102 Å². The molecule has 3 unspecified atom stereocenters. The van der Waals surface area contributed by atoms with Crippen LogP contribution in [0.4, 0.5) is 11.4 Å². The number of carbonyl (C=O) groups excluding carboxylic acids is 5. The number of hydrogen-bond acceptors (Lipinski definition) is 10. The van der Waals surface area contributed by atoms with E-state index in [1.807, 2.05) is 24.3 Å². The first-order valence-electron chi connectivity index (χ1n) is 17.1. The number of nitrogens with one attached hydrogen (secondary N) is 2. The molecule has 4 heterocycles. The van der Waals surface area contributed by atoms with Crippen molar-refractivity contribution in [3.05, 3.63) is 110 Å². The van der Waals surface area contributed by atoms with Crippen LogP contribution in [0, 0.1) is 0 Å². The van der Waals surface area contributed by atoms with Crippen LogP contribution in [0.2, 0.25) is 0 Å². The lowest BCUT2D eigenvalue weighted by atomic mass is 9.87. The topological polar surface area (TPSA) is 163 Å². The molecular weight excluding hydrogens is 746 g/mol. The third-order valence-corrected chi connectivity index (χ3v) is 10.6. The van der Waals surface area contributed by atoms with Gasteiger partial charge in [0.25, 0.3) is 23.3 Å². The maximum absolute atomic E-state index is 13.5. The average Bonchev–Trinajstić information content (AvgIpc) is 3.39. The molecule has 2 fully saturated rings. The van der Waals surface area contributed by atoms with Crippen LogP contribution < -0.4 is 25.8 Å².